The Labute approximate surface area is 136 Å². The molecule has 0 aliphatic carbocycles. The molecule has 0 saturated carbocycles. The molecule has 0 aliphatic heterocycles. The summed E-state index contributed by atoms with van der Waals surface area (Å²) in [6, 6.07) is 7.75. The standard InChI is InChI=1S/C17H19Cl2NO/c1-4-5-14-8-13(10-18)9-16(20-14)21-15-6-11(2)17(19)12(3)7-15/h6-9H,4-5,10H2,1-3H3. The van der Waals surface area contributed by atoms with Crippen molar-refractivity contribution in [2.75, 3.05) is 0 Å². The predicted octanol–water partition coefficient (Wildman–Crippen LogP) is 5.84. The number of nitrogens with zero attached hydrogens (tertiary/aromatic N) is 1. The molecule has 2 nitrogen and oxygen atoms in total. The minimum atomic E-state index is 0.453. The van der Waals surface area contributed by atoms with Crippen molar-refractivity contribution < 1.29 is 4.74 Å². The normalized spacial score (nSPS) is 10.7. The second-order valence-electron chi connectivity index (χ2n) is 5.16. The minimum absolute atomic E-state index is 0.453. The molecule has 4 heteroatoms. The third-order valence-corrected chi connectivity index (χ3v) is 4.11. The molecule has 0 spiro atoms. The van der Waals surface area contributed by atoms with E-state index in [1.165, 1.54) is 0 Å². The Balaban J connectivity index is 2.32. The first-order chi connectivity index (χ1) is 10.0. The van der Waals surface area contributed by atoms with Gasteiger partial charge in [0.05, 0.1) is 0 Å². The van der Waals surface area contributed by atoms with Crippen LogP contribution in [0.5, 0.6) is 11.6 Å². The van der Waals surface area contributed by atoms with Crippen LogP contribution in [0.25, 0.3) is 0 Å². The topological polar surface area (TPSA) is 22.1 Å². The fourth-order valence-corrected chi connectivity index (χ4v) is 2.48. The zero-order chi connectivity index (χ0) is 15.4. The average Bonchev–Trinajstić information content (AvgIpc) is 2.44. The van der Waals surface area contributed by atoms with Gasteiger partial charge in [0.15, 0.2) is 0 Å². The van der Waals surface area contributed by atoms with Crippen LogP contribution in [0.1, 0.15) is 35.7 Å². The van der Waals surface area contributed by atoms with Gasteiger partial charge >= 0.3 is 0 Å². The van der Waals surface area contributed by atoms with Crippen molar-refractivity contribution in [3.8, 4) is 11.6 Å². The number of ether oxygens (including phenoxy) is 1. The van der Waals surface area contributed by atoms with E-state index in [0.29, 0.717) is 11.8 Å². The molecule has 0 fully saturated rings. The van der Waals surface area contributed by atoms with Gasteiger partial charge in [-0.2, -0.15) is 0 Å². The highest BCUT2D eigenvalue weighted by Crippen LogP contribution is 2.29. The predicted molar refractivity (Wildman–Crippen MR) is 88.8 cm³/mol. The molecule has 2 rings (SSSR count). The fraction of sp³-hybridized carbons (Fsp3) is 0.353. The van der Waals surface area contributed by atoms with Crippen LogP contribution < -0.4 is 4.74 Å². The van der Waals surface area contributed by atoms with Crippen LogP contribution in [0, 0.1) is 13.8 Å². The van der Waals surface area contributed by atoms with Crippen molar-refractivity contribution in [1.82, 2.24) is 4.98 Å². The van der Waals surface area contributed by atoms with E-state index in [0.717, 1.165) is 46.0 Å². The second kappa shape index (κ2) is 7.15. The summed E-state index contributed by atoms with van der Waals surface area (Å²) in [7, 11) is 0. The summed E-state index contributed by atoms with van der Waals surface area (Å²) in [6.45, 7) is 6.06. The Hall–Kier alpha value is -1.25. The quantitative estimate of drug-likeness (QED) is 0.645. The van der Waals surface area contributed by atoms with Gasteiger partial charge in [0.1, 0.15) is 5.75 Å². The van der Waals surface area contributed by atoms with Gasteiger partial charge in [-0.1, -0.05) is 24.9 Å². The number of benzene rings is 1. The SMILES string of the molecule is CCCc1cc(CCl)cc(Oc2cc(C)c(Cl)c(C)c2)n1. The van der Waals surface area contributed by atoms with Gasteiger partial charge in [-0.3, -0.25) is 0 Å². The van der Waals surface area contributed by atoms with Gasteiger partial charge in [0, 0.05) is 22.7 Å². The van der Waals surface area contributed by atoms with Crippen LogP contribution in [-0.2, 0) is 12.3 Å². The number of aryl methyl sites for hydroxylation is 3. The Morgan fingerprint density at radius 2 is 1.76 bits per heavy atom. The lowest BCUT2D eigenvalue weighted by atomic mass is 10.1. The van der Waals surface area contributed by atoms with Crippen LogP contribution in [0.4, 0.5) is 0 Å². The second-order valence-corrected chi connectivity index (χ2v) is 5.81. The first-order valence-electron chi connectivity index (χ1n) is 7.04. The number of alkyl halides is 1. The molecule has 0 radical (unpaired) electrons. The van der Waals surface area contributed by atoms with Gasteiger partial charge in [0.25, 0.3) is 0 Å². The van der Waals surface area contributed by atoms with E-state index in [1.54, 1.807) is 0 Å². The third-order valence-electron chi connectivity index (χ3n) is 3.21. The van der Waals surface area contributed by atoms with E-state index in [1.807, 2.05) is 38.1 Å². The smallest absolute Gasteiger partial charge is 0.219 e. The molecular weight excluding hydrogens is 305 g/mol. The number of halogens is 2. The zero-order valence-electron chi connectivity index (χ0n) is 12.5. The molecule has 2 aromatic rings. The highest BCUT2D eigenvalue weighted by Gasteiger charge is 2.08. The molecule has 1 heterocycles. The summed E-state index contributed by atoms with van der Waals surface area (Å²) in [6.07, 6.45) is 1.96. The molecule has 0 amide bonds. The fourth-order valence-electron chi connectivity index (χ4n) is 2.22. The number of pyridine rings is 1. The van der Waals surface area contributed by atoms with Crippen LogP contribution in [0.15, 0.2) is 24.3 Å². The monoisotopic (exact) mass is 323 g/mol. The lowest BCUT2D eigenvalue weighted by Gasteiger charge is -2.11. The Morgan fingerprint density at radius 1 is 1.10 bits per heavy atom. The molecule has 0 N–H and O–H groups in total. The van der Waals surface area contributed by atoms with Crippen molar-refractivity contribution in [1.29, 1.82) is 0 Å². The number of hydrogen-bond acceptors (Lipinski definition) is 2. The first kappa shape index (κ1) is 16.1. The van der Waals surface area contributed by atoms with E-state index in [9.17, 15) is 0 Å². The van der Waals surface area contributed by atoms with Crippen molar-refractivity contribution in [3.63, 3.8) is 0 Å². The van der Waals surface area contributed by atoms with E-state index in [-0.39, 0.29) is 0 Å². The molecule has 112 valence electrons. The largest absolute Gasteiger partial charge is 0.439 e. The lowest BCUT2D eigenvalue weighted by Crippen LogP contribution is -1.96. The Kier molecular flexibility index (Phi) is 5.49. The minimum Gasteiger partial charge on any atom is -0.439 e. The van der Waals surface area contributed by atoms with E-state index in [4.69, 9.17) is 27.9 Å². The third kappa shape index (κ3) is 4.12. The van der Waals surface area contributed by atoms with Crippen LogP contribution in [0.2, 0.25) is 5.02 Å². The molecule has 1 aromatic heterocycles. The van der Waals surface area contributed by atoms with Gasteiger partial charge < -0.3 is 4.74 Å². The average molecular weight is 324 g/mol. The summed E-state index contributed by atoms with van der Waals surface area (Å²) >= 11 is 12.1. The molecule has 0 atom stereocenters. The summed E-state index contributed by atoms with van der Waals surface area (Å²) in [5.74, 6) is 1.78. The van der Waals surface area contributed by atoms with E-state index in [2.05, 4.69) is 11.9 Å². The maximum absolute atomic E-state index is 6.18. The number of hydrogen-bond donors (Lipinski definition) is 0. The summed E-state index contributed by atoms with van der Waals surface area (Å²) < 4.78 is 5.90. The van der Waals surface area contributed by atoms with Gasteiger partial charge in [-0.25, -0.2) is 4.98 Å². The molecule has 1 aromatic carbocycles. The van der Waals surface area contributed by atoms with Gasteiger partial charge in [0.2, 0.25) is 5.88 Å². The Morgan fingerprint density at radius 3 is 2.33 bits per heavy atom. The highest BCUT2D eigenvalue weighted by molar-refractivity contribution is 6.32. The maximum atomic E-state index is 6.18. The maximum Gasteiger partial charge on any atom is 0.219 e. The first-order valence-corrected chi connectivity index (χ1v) is 7.95. The van der Waals surface area contributed by atoms with Crippen LogP contribution in [-0.4, -0.2) is 4.98 Å². The Bertz CT molecular complexity index is 618. The number of rotatable bonds is 5. The molecular formula is C17H19Cl2NO. The highest BCUT2D eigenvalue weighted by atomic mass is 35.5. The van der Waals surface area contributed by atoms with Gasteiger partial charge in [-0.05, 0) is 55.2 Å². The summed E-state index contributed by atoms with van der Waals surface area (Å²) in [5.41, 5.74) is 4.02. The molecule has 0 saturated heterocycles. The molecule has 0 unspecified atom stereocenters. The summed E-state index contributed by atoms with van der Waals surface area (Å²) in [5, 5.41) is 0.775. The molecule has 21 heavy (non-hydrogen) atoms. The van der Waals surface area contributed by atoms with Crippen LogP contribution >= 0.6 is 23.2 Å². The van der Waals surface area contributed by atoms with Crippen molar-refractivity contribution in [2.24, 2.45) is 0 Å². The van der Waals surface area contributed by atoms with Crippen LogP contribution in [0.3, 0.4) is 0 Å². The molecule has 0 bridgehead atoms. The van der Waals surface area contributed by atoms with E-state index >= 15 is 0 Å². The van der Waals surface area contributed by atoms with Crippen molar-refractivity contribution in [2.45, 2.75) is 39.5 Å². The molecule has 0 aliphatic rings. The van der Waals surface area contributed by atoms with Crippen molar-refractivity contribution >= 4 is 23.2 Å². The lowest BCUT2D eigenvalue weighted by molar-refractivity contribution is 0.459. The number of aromatic nitrogens is 1. The van der Waals surface area contributed by atoms with Crippen molar-refractivity contribution in [3.05, 3.63) is 51.7 Å². The van der Waals surface area contributed by atoms with Gasteiger partial charge in [-0.15, -0.1) is 11.6 Å². The summed E-state index contributed by atoms with van der Waals surface area (Å²) in [4.78, 5) is 4.53. The zero-order valence-corrected chi connectivity index (χ0v) is 14.1. The van der Waals surface area contributed by atoms with E-state index < -0.39 is 0 Å².